The summed E-state index contributed by atoms with van der Waals surface area (Å²) in [4.78, 5) is 2.06. The van der Waals surface area contributed by atoms with Crippen molar-refractivity contribution in [3.63, 3.8) is 0 Å². The molecule has 0 saturated carbocycles. The molecule has 11 heteroatoms. The van der Waals surface area contributed by atoms with E-state index in [1.165, 1.54) is 10.4 Å². The number of halogens is 2. The van der Waals surface area contributed by atoms with Crippen LogP contribution >= 0.6 is 23.2 Å². The summed E-state index contributed by atoms with van der Waals surface area (Å²) < 4.78 is 28.9. The van der Waals surface area contributed by atoms with Gasteiger partial charge in [0.2, 0.25) is 10.0 Å². The molecule has 2 aromatic heterocycles. The van der Waals surface area contributed by atoms with E-state index in [-0.39, 0.29) is 14.9 Å². The second kappa shape index (κ2) is 6.90. The maximum absolute atomic E-state index is 12.9. The fraction of sp³-hybridized carbons (Fsp3) is 0.312. The number of piperazine rings is 1. The number of rotatable bonds is 3. The van der Waals surface area contributed by atoms with Gasteiger partial charge >= 0.3 is 0 Å². The van der Waals surface area contributed by atoms with Crippen molar-refractivity contribution in [3.8, 4) is 0 Å². The monoisotopic (exact) mass is 426 g/mol. The fourth-order valence-corrected chi connectivity index (χ4v) is 5.19. The fourth-order valence-electron chi connectivity index (χ4n) is 3.04. The summed E-state index contributed by atoms with van der Waals surface area (Å²) >= 11 is 12.1. The Bertz CT molecular complexity index is 1110. The van der Waals surface area contributed by atoms with Crippen molar-refractivity contribution in [2.45, 2.75) is 11.8 Å². The first kappa shape index (κ1) is 18.4. The number of aromatic nitrogens is 4. The van der Waals surface area contributed by atoms with Gasteiger partial charge in [0.15, 0.2) is 11.5 Å². The van der Waals surface area contributed by atoms with Crippen LogP contribution in [0.4, 0.5) is 5.82 Å². The molecule has 0 N–H and O–H groups in total. The molecule has 142 valence electrons. The minimum atomic E-state index is -3.71. The van der Waals surface area contributed by atoms with E-state index in [1.54, 1.807) is 16.6 Å². The summed E-state index contributed by atoms with van der Waals surface area (Å²) in [6.45, 7) is 3.50. The first-order valence-corrected chi connectivity index (χ1v) is 10.5. The molecule has 0 radical (unpaired) electrons. The van der Waals surface area contributed by atoms with Crippen molar-refractivity contribution in [1.29, 1.82) is 0 Å². The second-order valence-electron chi connectivity index (χ2n) is 6.15. The Morgan fingerprint density at radius 3 is 2.48 bits per heavy atom. The Balaban J connectivity index is 1.54. The van der Waals surface area contributed by atoms with E-state index in [0.29, 0.717) is 37.7 Å². The molecule has 0 unspecified atom stereocenters. The van der Waals surface area contributed by atoms with E-state index >= 15 is 0 Å². The number of nitrogens with zero attached hydrogens (tertiary/aromatic N) is 6. The van der Waals surface area contributed by atoms with E-state index in [9.17, 15) is 8.42 Å². The predicted molar refractivity (Wildman–Crippen MR) is 103 cm³/mol. The van der Waals surface area contributed by atoms with Crippen molar-refractivity contribution >= 4 is 44.7 Å². The Kier molecular flexibility index (Phi) is 4.71. The van der Waals surface area contributed by atoms with Crippen molar-refractivity contribution in [1.82, 2.24) is 24.1 Å². The summed E-state index contributed by atoms with van der Waals surface area (Å²) in [5.41, 5.74) is 0.674. The molecule has 0 bridgehead atoms. The zero-order valence-corrected chi connectivity index (χ0v) is 16.7. The lowest BCUT2D eigenvalue weighted by Gasteiger charge is -2.34. The minimum Gasteiger partial charge on any atom is -0.353 e. The van der Waals surface area contributed by atoms with E-state index in [4.69, 9.17) is 23.2 Å². The highest BCUT2D eigenvalue weighted by Crippen LogP contribution is 2.31. The maximum Gasteiger partial charge on any atom is 0.244 e. The average Bonchev–Trinajstić information content (AvgIpc) is 3.04. The van der Waals surface area contributed by atoms with E-state index in [0.717, 1.165) is 5.82 Å². The van der Waals surface area contributed by atoms with Crippen LogP contribution in [-0.4, -0.2) is 58.7 Å². The highest BCUT2D eigenvalue weighted by atomic mass is 35.5. The molecule has 0 aliphatic carbocycles. The molecule has 1 aromatic carbocycles. The van der Waals surface area contributed by atoms with Gasteiger partial charge in [-0.2, -0.15) is 8.82 Å². The molecule has 3 heterocycles. The van der Waals surface area contributed by atoms with E-state index in [1.807, 2.05) is 24.0 Å². The lowest BCUT2D eigenvalue weighted by Crippen LogP contribution is -2.49. The molecule has 1 saturated heterocycles. The first-order valence-electron chi connectivity index (χ1n) is 8.26. The standard InChI is InChI=1S/C16H16Cl2N6O2S/c1-11-19-20-14-5-6-15(21-24(11)14)22-7-9-23(10-8-22)27(25,26)13-4-2-3-12(17)16(13)18/h2-6H,7-10H2,1H3. The molecule has 27 heavy (non-hydrogen) atoms. The lowest BCUT2D eigenvalue weighted by molar-refractivity contribution is 0.383. The van der Waals surface area contributed by atoms with E-state index < -0.39 is 10.0 Å². The minimum absolute atomic E-state index is 0.0322. The average molecular weight is 427 g/mol. The van der Waals surface area contributed by atoms with Gasteiger partial charge in [-0.1, -0.05) is 29.3 Å². The number of benzene rings is 1. The number of hydrogen-bond donors (Lipinski definition) is 0. The van der Waals surface area contributed by atoms with Gasteiger partial charge in [-0.15, -0.1) is 15.3 Å². The molecule has 1 aliphatic heterocycles. The predicted octanol–water partition coefficient (Wildman–Crippen LogP) is 2.25. The Morgan fingerprint density at radius 1 is 1.00 bits per heavy atom. The van der Waals surface area contributed by atoms with Gasteiger partial charge in [-0.25, -0.2) is 8.42 Å². The molecule has 0 spiro atoms. The van der Waals surface area contributed by atoms with Crippen LogP contribution in [0.1, 0.15) is 5.82 Å². The van der Waals surface area contributed by atoms with Crippen LogP contribution in [0.2, 0.25) is 10.0 Å². The van der Waals surface area contributed by atoms with Gasteiger partial charge in [0.1, 0.15) is 10.7 Å². The summed E-state index contributed by atoms with van der Waals surface area (Å²) in [7, 11) is -3.71. The van der Waals surface area contributed by atoms with Crippen LogP contribution in [-0.2, 0) is 10.0 Å². The molecule has 3 aromatic rings. The van der Waals surface area contributed by atoms with E-state index in [2.05, 4.69) is 15.3 Å². The smallest absolute Gasteiger partial charge is 0.244 e. The number of fused-ring (bicyclic) bond motifs is 1. The SMILES string of the molecule is Cc1nnc2ccc(N3CCN(S(=O)(=O)c4cccc(Cl)c4Cl)CC3)nn12. The third-order valence-electron chi connectivity index (χ3n) is 4.50. The summed E-state index contributed by atoms with van der Waals surface area (Å²) in [5, 5.41) is 12.8. The lowest BCUT2D eigenvalue weighted by atomic mass is 10.3. The zero-order chi connectivity index (χ0) is 19.2. The maximum atomic E-state index is 12.9. The third kappa shape index (κ3) is 3.25. The molecule has 0 atom stereocenters. The normalized spacial score (nSPS) is 16.2. The van der Waals surface area contributed by atoms with Crippen LogP contribution in [0, 0.1) is 6.92 Å². The van der Waals surface area contributed by atoms with Crippen molar-refractivity contribution < 1.29 is 8.42 Å². The summed E-state index contributed by atoms with van der Waals surface area (Å²) in [6.07, 6.45) is 0. The zero-order valence-electron chi connectivity index (χ0n) is 14.4. The van der Waals surface area contributed by atoms with Crippen LogP contribution in [0.5, 0.6) is 0 Å². The summed E-state index contributed by atoms with van der Waals surface area (Å²) in [6, 6.07) is 8.33. The summed E-state index contributed by atoms with van der Waals surface area (Å²) in [5.74, 6) is 1.45. The second-order valence-corrected chi connectivity index (χ2v) is 8.84. The van der Waals surface area contributed by atoms with Crippen LogP contribution in [0.15, 0.2) is 35.2 Å². The first-order chi connectivity index (χ1) is 12.9. The van der Waals surface area contributed by atoms with Crippen LogP contribution in [0.25, 0.3) is 5.65 Å². The largest absolute Gasteiger partial charge is 0.353 e. The van der Waals surface area contributed by atoms with Gasteiger partial charge in [0.05, 0.1) is 10.0 Å². The number of hydrogen-bond acceptors (Lipinski definition) is 6. The van der Waals surface area contributed by atoms with Gasteiger partial charge in [0, 0.05) is 26.2 Å². The van der Waals surface area contributed by atoms with Crippen LogP contribution in [0.3, 0.4) is 0 Å². The topological polar surface area (TPSA) is 83.7 Å². The van der Waals surface area contributed by atoms with Gasteiger partial charge in [0.25, 0.3) is 0 Å². The molecular formula is C16H16Cl2N6O2S. The number of sulfonamides is 1. The molecule has 0 amide bonds. The highest BCUT2D eigenvalue weighted by molar-refractivity contribution is 7.89. The molecule has 8 nitrogen and oxygen atoms in total. The van der Waals surface area contributed by atoms with Crippen LogP contribution < -0.4 is 4.90 Å². The van der Waals surface area contributed by atoms with Gasteiger partial charge in [-0.05, 0) is 31.2 Å². The molecular weight excluding hydrogens is 411 g/mol. The molecule has 4 rings (SSSR count). The van der Waals surface area contributed by atoms with Gasteiger partial charge < -0.3 is 4.90 Å². The van der Waals surface area contributed by atoms with Crippen molar-refractivity contribution in [2.24, 2.45) is 0 Å². The van der Waals surface area contributed by atoms with Crippen molar-refractivity contribution in [2.75, 3.05) is 31.1 Å². The number of anilines is 1. The quantitative estimate of drug-likeness (QED) is 0.638. The highest BCUT2D eigenvalue weighted by Gasteiger charge is 2.31. The Morgan fingerprint density at radius 2 is 1.74 bits per heavy atom. The number of aryl methyl sites for hydroxylation is 1. The Labute approximate surface area is 166 Å². The molecule has 1 aliphatic rings. The van der Waals surface area contributed by atoms with Gasteiger partial charge in [-0.3, -0.25) is 0 Å². The molecule has 1 fully saturated rings. The Hall–Kier alpha value is -1.94. The third-order valence-corrected chi connectivity index (χ3v) is 7.37. The van der Waals surface area contributed by atoms with Crippen molar-refractivity contribution in [3.05, 3.63) is 46.2 Å².